The van der Waals surface area contributed by atoms with Crippen LogP contribution in [-0.4, -0.2) is 18.7 Å². The standard InChI is InChI=1S/C12H13NO2/c1-8-2-4-9(5-3-8)13-11(14)10-6-7-15-12(10)13/h2-5,10,12H,6-7H2,1H3. The highest BCUT2D eigenvalue weighted by Gasteiger charge is 2.51. The predicted molar refractivity (Wildman–Crippen MR) is 56.5 cm³/mol. The van der Waals surface area contributed by atoms with Gasteiger partial charge in [0.05, 0.1) is 12.5 Å². The van der Waals surface area contributed by atoms with Crippen LogP contribution in [0, 0.1) is 12.8 Å². The summed E-state index contributed by atoms with van der Waals surface area (Å²) in [6.45, 7) is 2.75. The van der Waals surface area contributed by atoms with Crippen LogP contribution in [0.25, 0.3) is 0 Å². The van der Waals surface area contributed by atoms with Gasteiger partial charge in [-0.1, -0.05) is 17.7 Å². The van der Waals surface area contributed by atoms with Gasteiger partial charge in [-0.05, 0) is 25.5 Å². The number of hydrogen-bond acceptors (Lipinski definition) is 2. The average Bonchev–Trinajstić information content (AvgIpc) is 2.65. The van der Waals surface area contributed by atoms with E-state index in [9.17, 15) is 4.79 Å². The second-order valence-electron chi connectivity index (χ2n) is 4.20. The zero-order valence-electron chi connectivity index (χ0n) is 8.64. The fourth-order valence-electron chi connectivity index (χ4n) is 2.28. The molecule has 3 heteroatoms. The van der Waals surface area contributed by atoms with Gasteiger partial charge in [0.1, 0.15) is 6.23 Å². The second kappa shape index (κ2) is 3.07. The molecule has 3 nitrogen and oxygen atoms in total. The first kappa shape index (κ1) is 8.92. The van der Waals surface area contributed by atoms with Crippen LogP contribution in [0.5, 0.6) is 0 Å². The summed E-state index contributed by atoms with van der Waals surface area (Å²) in [5.74, 6) is 0.327. The molecule has 1 amide bonds. The molecule has 2 heterocycles. The fourth-order valence-corrected chi connectivity index (χ4v) is 2.28. The predicted octanol–water partition coefficient (Wildman–Crippen LogP) is 1.70. The van der Waals surface area contributed by atoms with E-state index in [1.165, 1.54) is 5.56 Å². The Balaban J connectivity index is 1.89. The third-order valence-electron chi connectivity index (χ3n) is 3.18. The van der Waals surface area contributed by atoms with Gasteiger partial charge in [-0.25, -0.2) is 0 Å². The summed E-state index contributed by atoms with van der Waals surface area (Å²) in [6.07, 6.45) is 0.881. The minimum absolute atomic E-state index is 0.000191. The molecule has 2 fully saturated rings. The Kier molecular flexibility index (Phi) is 1.83. The van der Waals surface area contributed by atoms with Gasteiger partial charge in [-0.3, -0.25) is 9.69 Å². The van der Waals surface area contributed by atoms with Crippen molar-refractivity contribution in [2.75, 3.05) is 11.5 Å². The van der Waals surface area contributed by atoms with E-state index in [0.717, 1.165) is 12.1 Å². The third kappa shape index (κ3) is 1.20. The lowest BCUT2D eigenvalue weighted by Gasteiger charge is -2.41. The van der Waals surface area contributed by atoms with Gasteiger partial charge >= 0.3 is 0 Å². The van der Waals surface area contributed by atoms with E-state index in [4.69, 9.17) is 4.74 Å². The molecule has 2 saturated heterocycles. The topological polar surface area (TPSA) is 29.5 Å². The van der Waals surface area contributed by atoms with Crippen LogP contribution in [0.1, 0.15) is 12.0 Å². The first-order valence-corrected chi connectivity index (χ1v) is 5.29. The van der Waals surface area contributed by atoms with Gasteiger partial charge in [-0.2, -0.15) is 0 Å². The number of benzene rings is 1. The normalized spacial score (nSPS) is 28.9. The lowest BCUT2D eigenvalue weighted by Crippen LogP contribution is -2.59. The van der Waals surface area contributed by atoms with E-state index in [0.29, 0.717) is 6.61 Å². The quantitative estimate of drug-likeness (QED) is 0.650. The smallest absolute Gasteiger partial charge is 0.236 e. The SMILES string of the molecule is Cc1ccc(N2C(=O)C3CCOC32)cc1. The Morgan fingerprint density at radius 3 is 2.80 bits per heavy atom. The Labute approximate surface area is 88.6 Å². The van der Waals surface area contributed by atoms with Gasteiger partial charge < -0.3 is 4.74 Å². The summed E-state index contributed by atoms with van der Waals surface area (Å²) in [7, 11) is 0. The molecule has 0 radical (unpaired) electrons. The minimum Gasteiger partial charge on any atom is -0.357 e. The van der Waals surface area contributed by atoms with E-state index in [1.54, 1.807) is 4.90 Å². The van der Waals surface area contributed by atoms with Crippen molar-refractivity contribution in [3.8, 4) is 0 Å². The number of β-lactam (4-membered cyclic amide) rings is 1. The molecule has 3 rings (SSSR count). The molecule has 78 valence electrons. The molecule has 1 aromatic carbocycles. The van der Waals surface area contributed by atoms with Crippen molar-refractivity contribution < 1.29 is 9.53 Å². The first-order valence-electron chi connectivity index (χ1n) is 5.29. The number of anilines is 1. The lowest BCUT2D eigenvalue weighted by atomic mass is 9.94. The molecule has 2 atom stereocenters. The van der Waals surface area contributed by atoms with Crippen molar-refractivity contribution in [2.24, 2.45) is 5.92 Å². The van der Waals surface area contributed by atoms with Crippen LogP contribution in [-0.2, 0) is 9.53 Å². The molecular weight excluding hydrogens is 190 g/mol. The number of nitrogens with zero attached hydrogens (tertiary/aromatic N) is 1. The van der Waals surface area contributed by atoms with Gasteiger partial charge in [0, 0.05) is 5.69 Å². The van der Waals surface area contributed by atoms with Gasteiger partial charge in [0.25, 0.3) is 0 Å². The van der Waals surface area contributed by atoms with Crippen LogP contribution < -0.4 is 4.90 Å². The maximum absolute atomic E-state index is 11.8. The van der Waals surface area contributed by atoms with Crippen molar-refractivity contribution in [3.63, 3.8) is 0 Å². The number of rotatable bonds is 1. The number of hydrogen-bond donors (Lipinski definition) is 0. The first-order chi connectivity index (χ1) is 7.27. The summed E-state index contributed by atoms with van der Waals surface area (Å²) in [4.78, 5) is 13.5. The highest BCUT2D eigenvalue weighted by molar-refractivity contribution is 6.02. The van der Waals surface area contributed by atoms with E-state index < -0.39 is 0 Å². The van der Waals surface area contributed by atoms with Crippen LogP contribution in [0.4, 0.5) is 5.69 Å². The monoisotopic (exact) mass is 203 g/mol. The molecule has 15 heavy (non-hydrogen) atoms. The number of carbonyl (C=O) groups is 1. The van der Waals surface area contributed by atoms with E-state index in [1.807, 2.05) is 31.2 Å². The molecule has 1 aromatic rings. The highest BCUT2D eigenvalue weighted by atomic mass is 16.5. The highest BCUT2D eigenvalue weighted by Crippen LogP contribution is 2.39. The molecular formula is C12H13NO2. The van der Waals surface area contributed by atoms with E-state index >= 15 is 0 Å². The number of aryl methyl sites for hydroxylation is 1. The van der Waals surface area contributed by atoms with Crippen molar-refractivity contribution in [1.29, 1.82) is 0 Å². The maximum Gasteiger partial charge on any atom is 0.236 e. The maximum atomic E-state index is 11.8. The van der Waals surface area contributed by atoms with Crippen molar-refractivity contribution >= 4 is 11.6 Å². The number of ether oxygens (including phenoxy) is 1. The molecule has 0 bridgehead atoms. The Morgan fingerprint density at radius 2 is 2.07 bits per heavy atom. The fraction of sp³-hybridized carbons (Fsp3) is 0.417. The average molecular weight is 203 g/mol. The van der Waals surface area contributed by atoms with Gasteiger partial charge in [0.15, 0.2) is 0 Å². The number of amides is 1. The summed E-state index contributed by atoms with van der Waals surface area (Å²) < 4.78 is 5.52. The molecule has 0 aliphatic carbocycles. The summed E-state index contributed by atoms with van der Waals surface area (Å²) in [5.41, 5.74) is 2.16. The Hall–Kier alpha value is -1.35. The summed E-state index contributed by atoms with van der Waals surface area (Å²) in [5, 5.41) is 0. The van der Waals surface area contributed by atoms with Crippen LogP contribution >= 0.6 is 0 Å². The Bertz CT molecular complexity index is 399. The zero-order chi connectivity index (χ0) is 10.4. The largest absolute Gasteiger partial charge is 0.357 e. The van der Waals surface area contributed by atoms with Crippen LogP contribution in [0.3, 0.4) is 0 Å². The molecule has 2 aliphatic heterocycles. The Morgan fingerprint density at radius 1 is 1.33 bits per heavy atom. The molecule has 0 spiro atoms. The molecule has 2 unspecified atom stereocenters. The minimum atomic E-state index is 0.000191. The van der Waals surface area contributed by atoms with E-state index in [2.05, 4.69) is 0 Å². The molecule has 0 saturated carbocycles. The molecule has 0 aromatic heterocycles. The van der Waals surface area contributed by atoms with Gasteiger partial charge in [0.2, 0.25) is 5.91 Å². The lowest BCUT2D eigenvalue weighted by molar-refractivity contribution is -0.135. The van der Waals surface area contributed by atoms with Crippen molar-refractivity contribution in [3.05, 3.63) is 29.8 Å². The summed E-state index contributed by atoms with van der Waals surface area (Å²) in [6, 6.07) is 7.99. The van der Waals surface area contributed by atoms with Crippen molar-refractivity contribution in [1.82, 2.24) is 0 Å². The van der Waals surface area contributed by atoms with Crippen molar-refractivity contribution in [2.45, 2.75) is 19.6 Å². The molecule has 2 aliphatic rings. The van der Waals surface area contributed by atoms with Gasteiger partial charge in [-0.15, -0.1) is 0 Å². The third-order valence-corrected chi connectivity index (χ3v) is 3.18. The van der Waals surface area contributed by atoms with Crippen LogP contribution in [0.15, 0.2) is 24.3 Å². The second-order valence-corrected chi connectivity index (χ2v) is 4.20. The molecule has 0 N–H and O–H groups in total. The zero-order valence-corrected chi connectivity index (χ0v) is 8.64. The number of fused-ring (bicyclic) bond motifs is 1. The van der Waals surface area contributed by atoms with E-state index in [-0.39, 0.29) is 18.1 Å². The number of carbonyl (C=O) groups excluding carboxylic acids is 1. The van der Waals surface area contributed by atoms with Crippen LogP contribution in [0.2, 0.25) is 0 Å². The summed E-state index contributed by atoms with van der Waals surface area (Å²) >= 11 is 0.